The average molecular weight is 254 g/mol. The zero-order valence-electron chi connectivity index (χ0n) is 10.7. The summed E-state index contributed by atoms with van der Waals surface area (Å²) in [5, 5.41) is 0.777. The van der Waals surface area contributed by atoms with Gasteiger partial charge in [-0.05, 0) is 32.0 Å². The molecule has 1 aromatic rings. The minimum atomic E-state index is -0.199. The quantitative estimate of drug-likeness (QED) is 0.878. The summed E-state index contributed by atoms with van der Waals surface area (Å²) in [5.41, 5.74) is 8.32. The Morgan fingerprint density at radius 3 is 2.65 bits per heavy atom. The van der Waals surface area contributed by atoms with Crippen molar-refractivity contribution in [2.24, 2.45) is 5.73 Å². The third-order valence-electron chi connectivity index (χ3n) is 2.99. The summed E-state index contributed by atoms with van der Waals surface area (Å²) >= 11 is 6.08. The Bertz CT molecular complexity index is 412. The smallest absolute Gasteiger partial charge is 0.0620 e. The normalized spacial score (nSPS) is 16.1. The molecule has 0 radical (unpaired) electrons. The van der Waals surface area contributed by atoms with Gasteiger partial charge in [0.05, 0.1) is 11.4 Å². The largest absolute Gasteiger partial charge is 0.371 e. The highest BCUT2D eigenvalue weighted by molar-refractivity contribution is 6.31. The van der Waals surface area contributed by atoms with E-state index in [1.807, 2.05) is 12.1 Å². The Kier molecular flexibility index (Phi) is 3.23. The predicted molar refractivity (Wildman–Crippen MR) is 75.2 cm³/mol. The van der Waals surface area contributed by atoms with E-state index in [1.165, 1.54) is 11.4 Å². The van der Waals surface area contributed by atoms with E-state index in [1.54, 1.807) is 0 Å². The second-order valence-electron chi connectivity index (χ2n) is 5.46. The Balaban J connectivity index is 2.34. The first-order valence-electron chi connectivity index (χ1n) is 5.91. The van der Waals surface area contributed by atoms with Gasteiger partial charge in [0.15, 0.2) is 0 Å². The lowest BCUT2D eigenvalue weighted by atomic mass is 10.0. The number of hydrogen-bond acceptors (Lipinski definition) is 3. The average Bonchev–Trinajstić information content (AvgIpc) is 2.20. The third kappa shape index (κ3) is 2.85. The number of likely N-dealkylation sites (N-methyl/N-ethyl adjacent to an activating group) is 1. The number of hydrogen-bond donors (Lipinski definition) is 1. The third-order valence-corrected chi connectivity index (χ3v) is 3.23. The molecule has 0 saturated heterocycles. The van der Waals surface area contributed by atoms with E-state index in [0.717, 1.165) is 24.7 Å². The lowest BCUT2D eigenvalue weighted by Gasteiger charge is -2.40. The zero-order chi connectivity index (χ0) is 12.6. The molecule has 0 spiro atoms. The molecule has 4 heteroatoms. The summed E-state index contributed by atoms with van der Waals surface area (Å²) in [5.74, 6) is 0. The Labute approximate surface area is 108 Å². The number of halogens is 1. The van der Waals surface area contributed by atoms with Crippen molar-refractivity contribution < 1.29 is 0 Å². The fraction of sp³-hybridized carbons (Fsp3) is 0.538. The molecule has 94 valence electrons. The molecule has 0 fully saturated rings. The molecular weight excluding hydrogens is 234 g/mol. The first-order valence-corrected chi connectivity index (χ1v) is 6.29. The van der Waals surface area contributed by atoms with Crippen molar-refractivity contribution in [1.29, 1.82) is 0 Å². The van der Waals surface area contributed by atoms with Crippen molar-refractivity contribution in [3.05, 3.63) is 23.2 Å². The minimum absolute atomic E-state index is 0.199. The molecule has 1 aromatic carbocycles. The Hall–Kier alpha value is -0.930. The van der Waals surface area contributed by atoms with Crippen LogP contribution in [0, 0.1) is 0 Å². The Morgan fingerprint density at radius 2 is 2.00 bits per heavy atom. The molecule has 0 aliphatic carbocycles. The second kappa shape index (κ2) is 4.39. The Morgan fingerprint density at radius 1 is 1.29 bits per heavy atom. The van der Waals surface area contributed by atoms with Crippen LogP contribution in [-0.2, 0) is 0 Å². The number of anilines is 2. The van der Waals surface area contributed by atoms with Crippen molar-refractivity contribution in [3.63, 3.8) is 0 Å². The van der Waals surface area contributed by atoms with Crippen LogP contribution in [-0.4, -0.2) is 32.2 Å². The van der Waals surface area contributed by atoms with Crippen LogP contribution < -0.4 is 15.5 Å². The molecule has 2 N–H and O–H groups in total. The molecule has 0 aromatic heterocycles. The highest BCUT2D eigenvalue weighted by atomic mass is 35.5. The maximum atomic E-state index is 6.11. The molecule has 2 rings (SSSR count). The molecule has 0 atom stereocenters. The summed E-state index contributed by atoms with van der Waals surface area (Å²) in [7, 11) is 2.11. The highest BCUT2D eigenvalue weighted by Crippen LogP contribution is 2.34. The van der Waals surface area contributed by atoms with Crippen LogP contribution in [0.3, 0.4) is 0 Å². The molecular formula is C13H20ClN3. The van der Waals surface area contributed by atoms with Crippen molar-refractivity contribution >= 4 is 23.0 Å². The van der Waals surface area contributed by atoms with Crippen LogP contribution >= 0.6 is 11.6 Å². The zero-order valence-corrected chi connectivity index (χ0v) is 11.5. The maximum absolute atomic E-state index is 6.11. The van der Waals surface area contributed by atoms with Gasteiger partial charge >= 0.3 is 0 Å². The second-order valence-corrected chi connectivity index (χ2v) is 5.90. The fourth-order valence-corrected chi connectivity index (χ4v) is 2.41. The van der Waals surface area contributed by atoms with Gasteiger partial charge in [-0.3, -0.25) is 0 Å². The maximum Gasteiger partial charge on any atom is 0.0620 e. The summed E-state index contributed by atoms with van der Waals surface area (Å²) in [6.07, 6.45) is 0. The van der Waals surface area contributed by atoms with Gasteiger partial charge in [-0.1, -0.05) is 11.6 Å². The van der Waals surface area contributed by atoms with E-state index in [0.29, 0.717) is 0 Å². The summed E-state index contributed by atoms with van der Waals surface area (Å²) in [6.45, 7) is 6.95. The number of nitrogens with two attached hydrogens (primary N) is 1. The van der Waals surface area contributed by atoms with Gasteiger partial charge in [-0.2, -0.15) is 0 Å². The van der Waals surface area contributed by atoms with E-state index < -0.39 is 0 Å². The topological polar surface area (TPSA) is 32.5 Å². The van der Waals surface area contributed by atoms with Gasteiger partial charge in [0, 0.05) is 37.2 Å². The van der Waals surface area contributed by atoms with Gasteiger partial charge in [0.25, 0.3) is 0 Å². The van der Waals surface area contributed by atoms with Gasteiger partial charge < -0.3 is 15.5 Å². The van der Waals surface area contributed by atoms with Crippen molar-refractivity contribution in [1.82, 2.24) is 0 Å². The van der Waals surface area contributed by atoms with E-state index in [2.05, 4.69) is 36.8 Å². The molecule has 17 heavy (non-hydrogen) atoms. The lowest BCUT2D eigenvalue weighted by molar-refractivity contribution is 0.502. The molecule has 1 heterocycles. The van der Waals surface area contributed by atoms with E-state index >= 15 is 0 Å². The van der Waals surface area contributed by atoms with Crippen LogP contribution in [0.4, 0.5) is 11.4 Å². The molecule has 0 saturated carbocycles. The predicted octanol–water partition coefficient (Wildman–Crippen LogP) is 2.33. The van der Waals surface area contributed by atoms with Gasteiger partial charge in [-0.15, -0.1) is 0 Å². The fourth-order valence-electron chi connectivity index (χ4n) is 2.24. The summed E-state index contributed by atoms with van der Waals surface area (Å²) in [6, 6.07) is 6.04. The van der Waals surface area contributed by atoms with Crippen LogP contribution in [0.5, 0.6) is 0 Å². The number of fused-ring (bicyclic) bond motifs is 1. The first-order chi connectivity index (χ1) is 7.87. The van der Waals surface area contributed by atoms with Crippen molar-refractivity contribution in [3.8, 4) is 0 Å². The van der Waals surface area contributed by atoms with E-state index in [4.69, 9.17) is 17.3 Å². The van der Waals surface area contributed by atoms with Crippen LogP contribution in [0.1, 0.15) is 13.8 Å². The molecule has 0 amide bonds. The number of benzene rings is 1. The molecule has 1 aliphatic rings. The molecule has 0 bridgehead atoms. The van der Waals surface area contributed by atoms with Crippen LogP contribution in [0.2, 0.25) is 5.02 Å². The van der Waals surface area contributed by atoms with Crippen LogP contribution in [0.15, 0.2) is 18.2 Å². The van der Waals surface area contributed by atoms with Gasteiger partial charge in [-0.25, -0.2) is 0 Å². The first kappa shape index (κ1) is 12.5. The van der Waals surface area contributed by atoms with Gasteiger partial charge in [0.1, 0.15) is 0 Å². The summed E-state index contributed by atoms with van der Waals surface area (Å²) in [4.78, 5) is 4.58. The minimum Gasteiger partial charge on any atom is -0.371 e. The van der Waals surface area contributed by atoms with Crippen LogP contribution in [0.25, 0.3) is 0 Å². The SMILES string of the molecule is CN1CCN(CC(C)(C)N)c2cc(Cl)ccc21. The molecule has 3 nitrogen and oxygen atoms in total. The number of nitrogens with zero attached hydrogens (tertiary/aromatic N) is 2. The summed E-state index contributed by atoms with van der Waals surface area (Å²) < 4.78 is 0. The van der Waals surface area contributed by atoms with E-state index in [9.17, 15) is 0 Å². The molecule has 0 unspecified atom stereocenters. The van der Waals surface area contributed by atoms with Gasteiger partial charge in [0.2, 0.25) is 0 Å². The van der Waals surface area contributed by atoms with E-state index in [-0.39, 0.29) is 5.54 Å². The van der Waals surface area contributed by atoms with Crippen molar-refractivity contribution in [2.75, 3.05) is 36.5 Å². The lowest BCUT2D eigenvalue weighted by Crippen LogP contribution is -2.49. The standard InChI is InChI=1S/C13H20ClN3/c1-13(2,15)9-17-7-6-16(3)11-5-4-10(14)8-12(11)17/h4-5,8H,6-7,9,15H2,1-3H3. The monoisotopic (exact) mass is 253 g/mol. The number of rotatable bonds is 2. The molecule has 1 aliphatic heterocycles. The highest BCUT2D eigenvalue weighted by Gasteiger charge is 2.24. The van der Waals surface area contributed by atoms with Crippen molar-refractivity contribution in [2.45, 2.75) is 19.4 Å².